The topological polar surface area (TPSA) is 57.8 Å². The fourth-order valence-electron chi connectivity index (χ4n) is 2.88. The number of amides is 1. The quantitative estimate of drug-likeness (QED) is 0.468. The molecule has 4 nitrogen and oxygen atoms in total. The van der Waals surface area contributed by atoms with Gasteiger partial charge in [-0.2, -0.15) is 0 Å². The van der Waals surface area contributed by atoms with Crippen LogP contribution in [0.3, 0.4) is 0 Å². The number of aromatic amines is 1. The van der Waals surface area contributed by atoms with Crippen LogP contribution in [0.15, 0.2) is 85.1 Å². The zero-order valence-electron chi connectivity index (χ0n) is 15.3. The Morgan fingerprint density at radius 1 is 0.893 bits per heavy atom. The fraction of sp³-hybridized carbons (Fsp3) is 0.0435. The highest BCUT2D eigenvalue weighted by atomic mass is 35.5. The highest BCUT2D eigenvalue weighted by molar-refractivity contribution is 6.04. The van der Waals surface area contributed by atoms with Gasteiger partial charge in [-0.3, -0.25) is 4.79 Å². The summed E-state index contributed by atoms with van der Waals surface area (Å²) in [5.41, 5.74) is 5.41. The van der Waals surface area contributed by atoms with Crippen LogP contribution in [0.25, 0.3) is 22.6 Å². The summed E-state index contributed by atoms with van der Waals surface area (Å²) in [6, 6.07) is 25.2. The molecular formula is C23H20ClN3O. The van der Waals surface area contributed by atoms with Crippen molar-refractivity contribution in [3.63, 3.8) is 0 Å². The zero-order chi connectivity index (χ0) is 18.6. The van der Waals surface area contributed by atoms with Gasteiger partial charge in [0.15, 0.2) is 0 Å². The summed E-state index contributed by atoms with van der Waals surface area (Å²) in [6.07, 6.45) is 1.81. The van der Waals surface area contributed by atoms with Crippen LogP contribution in [0, 0.1) is 6.92 Å². The number of aromatic nitrogens is 2. The van der Waals surface area contributed by atoms with Crippen LogP contribution in [0.1, 0.15) is 15.9 Å². The summed E-state index contributed by atoms with van der Waals surface area (Å²) in [4.78, 5) is 20.2. The van der Waals surface area contributed by atoms with Gasteiger partial charge >= 0.3 is 0 Å². The number of nitrogens with zero attached hydrogens (tertiary/aromatic N) is 1. The van der Waals surface area contributed by atoms with Gasteiger partial charge in [0.1, 0.15) is 5.82 Å². The Morgan fingerprint density at radius 2 is 1.61 bits per heavy atom. The van der Waals surface area contributed by atoms with Gasteiger partial charge in [0, 0.05) is 22.4 Å². The summed E-state index contributed by atoms with van der Waals surface area (Å²) in [7, 11) is 0. The second-order valence-electron chi connectivity index (χ2n) is 6.41. The molecule has 0 aliphatic carbocycles. The lowest BCUT2D eigenvalue weighted by Crippen LogP contribution is -2.11. The largest absolute Gasteiger partial charge is 0.338 e. The molecule has 0 saturated heterocycles. The third kappa shape index (κ3) is 4.30. The van der Waals surface area contributed by atoms with E-state index in [-0.39, 0.29) is 18.3 Å². The molecule has 0 radical (unpaired) electrons. The average molecular weight is 390 g/mol. The Kier molecular flexibility index (Phi) is 5.92. The van der Waals surface area contributed by atoms with E-state index in [1.165, 1.54) is 0 Å². The number of carbonyl (C=O) groups excluding carboxylic acids is 1. The normalized spacial score (nSPS) is 10.2. The number of hydrogen-bond acceptors (Lipinski definition) is 2. The van der Waals surface area contributed by atoms with Crippen molar-refractivity contribution < 1.29 is 4.79 Å². The highest BCUT2D eigenvalue weighted by Crippen LogP contribution is 2.24. The van der Waals surface area contributed by atoms with E-state index in [0.29, 0.717) is 5.56 Å². The summed E-state index contributed by atoms with van der Waals surface area (Å²) >= 11 is 0. The summed E-state index contributed by atoms with van der Waals surface area (Å²) < 4.78 is 0. The molecule has 5 heteroatoms. The Balaban J connectivity index is 0.00000225. The molecule has 1 aromatic heterocycles. The number of nitrogens with one attached hydrogen (secondary N) is 2. The molecule has 0 spiro atoms. The molecule has 1 heterocycles. The minimum absolute atomic E-state index is 0. The van der Waals surface area contributed by atoms with Crippen LogP contribution in [0.2, 0.25) is 0 Å². The van der Waals surface area contributed by atoms with Crippen LogP contribution >= 0.6 is 12.4 Å². The molecule has 3 aromatic carbocycles. The lowest BCUT2D eigenvalue weighted by Gasteiger charge is -2.07. The van der Waals surface area contributed by atoms with Crippen LogP contribution < -0.4 is 5.32 Å². The van der Waals surface area contributed by atoms with Crippen molar-refractivity contribution in [3.8, 4) is 22.6 Å². The van der Waals surface area contributed by atoms with Gasteiger partial charge in [-0.05, 0) is 31.2 Å². The molecule has 0 fully saturated rings. The van der Waals surface area contributed by atoms with Gasteiger partial charge in [-0.1, -0.05) is 60.2 Å². The van der Waals surface area contributed by atoms with Crippen molar-refractivity contribution in [3.05, 3.63) is 96.2 Å². The first-order valence-corrected chi connectivity index (χ1v) is 8.78. The van der Waals surface area contributed by atoms with Crippen LogP contribution in [0.4, 0.5) is 5.69 Å². The molecule has 28 heavy (non-hydrogen) atoms. The molecule has 0 bridgehead atoms. The van der Waals surface area contributed by atoms with Gasteiger partial charge in [-0.15, -0.1) is 12.4 Å². The molecule has 140 valence electrons. The number of H-pyrrole nitrogens is 1. The molecule has 4 rings (SSSR count). The number of aryl methyl sites for hydroxylation is 1. The maximum atomic E-state index is 12.4. The Morgan fingerprint density at radius 3 is 2.36 bits per heavy atom. The average Bonchev–Trinajstić information content (AvgIpc) is 3.20. The number of imidazole rings is 1. The Hall–Kier alpha value is -3.37. The molecule has 0 saturated carbocycles. The van der Waals surface area contributed by atoms with E-state index in [4.69, 9.17) is 0 Å². The number of benzene rings is 3. The third-order valence-corrected chi connectivity index (χ3v) is 4.37. The molecule has 0 atom stereocenters. The van der Waals surface area contributed by atoms with Crippen molar-refractivity contribution in [1.82, 2.24) is 9.97 Å². The fourth-order valence-corrected chi connectivity index (χ4v) is 2.88. The maximum Gasteiger partial charge on any atom is 0.255 e. The van der Waals surface area contributed by atoms with Crippen molar-refractivity contribution in [2.45, 2.75) is 6.92 Å². The van der Waals surface area contributed by atoms with Gasteiger partial charge in [0.2, 0.25) is 0 Å². The molecule has 4 aromatic rings. The van der Waals surface area contributed by atoms with Gasteiger partial charge < -0.3 is 10.3 Å². The minimum Gasteiger partial charge on any atom is -0.338 e. The first kappa shape index (κ1) is 19.4. The summed E-state index contributed by atoms with van der Waals surface area (Å²) in [5, 5.41) is 2.95. The molecule has 0 unspecified atom stereocenters. The predicted molar refractivity (Wildman–Crippen MR) is 116 cm³/mol. The number of carbonyl (C=O) groups is 1. The van der Waals surface area contributed by atoms with Crippen LogP contribution in [0.5, 0.6) is 0 Å². The molecule has 0 aliphatic heterocycles. The Bertz CT molecular complexity index is 1070. The SMILES string of the molecule is Cc1ccc(C(=O)Nc2cccc(-c3cnc(-c4ccccc4)[nH]3)c2)cc1.Cl. The standard InChI is InChI=1S/C23H19N3O.ClH/c1-16-10-12-18(13-11-16)23(27)25-20-9-5-8-19(14-20)21-15-24-22(26-21)17-6-3-2-4-7-17;/h2-15H,1H3,(H,24,26)(H,25,27);1H. The van der Waals surface area contributed by atoms with E-state index in [2.05, 4.69) is 15.3 Å². The Labute approximate surface area is 170 Å². The van der Waals surface area contributed by atoms with Crippen molar-refractivity contribution in [2.24, 2.45) is 0 Å². The number of halogens is 1. The van der Waals surface area contributed by atoms with Gasteiger partial charge in [0.05, 0.1) is 11.9 Å². The first-order chi connectivity index (χ1) is 13.2. The second kappa shape index (κ2) is 8.55. The number of hydrogen-bond donors (Lipinski definition) is 2. The van der Waals surface area contributed by atoms with Gasteiger partial charge in [-0.25, -0.2) is 4.98 Å². The third-order valence-electron chi connectivity index (χ3n) is 4.37. The molecule has 1 amide bonds. The maximum absolute atomic E-state index is 12.4. The number of rotatable bonds is 4. The van der Waals surface area contributed by atoms with E-state index in [0.717, 1.165) is 33.9 Å². The van der Waals surface area contributed by atoms with Crippen LogP contribution in [-0.4, -0.2) is 15.9 Å². The highest BCUT2D eigenvalue weighted by Gasteiger charge is 2.08. The monoisotopic (exact) mass is 389 g/mol. The predicted octanol–water partition coefficient (Wildman–Crippen LogP) is 5.73. The summed E-state index contributed by atoms with van der Waals surface area (Å²) in [5.74, 6) is 0.696. The van der Waals surface area contributed by atoms with Gasteiger partial charge in [0.25, 0.3) is 5.91 Å². The van der Waals surface area contributed by atoms with Crippen molar-refractivity contribution in [1.29, 1.82) is 0 Å². The first-order valence-electron chi connectivity index (χ1n) is 8.78. The zero-order valence-corrected chi connectivity index (χ0v) is 16.2. The molecular weight excluding hydrogens is 370 g/mol. The smallest absolute Gasteiger partial charge is 0.255 e. The number of anilines is 1. The lowest BCUT2D eigenvalue weighted by molar-refractivity contribution is 0.102. The molecule has 2 N–H and O–H groups in total. The van der Waals surface area contributed by atoms with Crippen molar-refractivity contribution >= 4 is 24.0 Å². The van der Waals surface area contributed by atoms with Crippen LogP contribution in [-0.2, 0) is 0 Å². The minimum atomic E-state index is -0.123. The van der Waals surface area contributed by atoms with E-state index >= 15 is 0 Å². The molecule has 0 aliphatic rings. The summed E-state index contributed by atoms with van der Waals surface area (Å²) in [6.45, 7) is 2.00. The van der Waals surface area contributed by atoms with E-state index in [1.54, 1.807) is 0 Å². The lowest BCUT2D eigenvalue weighted by atomic mass is 10.1. The van der Waals surface area contributed by atoms with E-state index in [9.17, 15) is 4.79 Å². The van der Waals surface area contributed by atoms with Crippen molar-refractivity contribution in [2.75, 3.05) is 5.32 Å². The second-order valence-corrected chi connectivity index (χ2v) is 6.41. The van der Waals surface area contributed by atoms with E-state index < -0.39 is 0 Å². The van der Waals surface area contributed by atoms with E-state index in [1.807, 2.05) is 92.0 Å².